The van der Waals surface area contributed by atoms with Crippen LogP contribution >= 0.6 is 0 Å². The van der Waals surface area contributed by atoms with E-state index in [1.54, 1.807) is 0 Å². The largest absolute Gasteiger partial charge is 0.309 e. The summed E-state index contributed by atoms with van der Waals surface area (Å²) < 4.78 is 0. The van der Waals surface area contributed by atoms with Crippen LogP contribution in [0, 0.1) is 0 Å². The van der Waals surface area contributed by atoms with Crippen molar-refractivity contribution < 1.29 is 0 Å². The van der Waals surface area contributed by atoms with Crippen molar-refractivity contribution in [3.8, 4) is 22.3 Å². The number of para-hydroxylation sites is 1. The molecule has 5 aromatic rings. The predicted molar refractivity (Wildman–Crippen MR) is 141 cm³/mol. The number of nitrogens with zero attached hydrogens (tertiary/aromatic N) is 2. The molecule has 2 aliphatic carbocycles. The molecular weight excluding hydrogens is 424 g/mol. The molecule has 0 atom stereocenters. The molecule has 164 valence electrons. The van der Waals surface area contributed by atoms with Crippen LogP contribution in [0.2, 0.25) is 0 Å². The standard InChI is InChI=1S/C33H22N2/c1-3-7-26-19(5-1)11-22-14-23-13-21-9-10-31-29(32(21)28(23)16-27(22)26)15-25-18-34-17-24-12-20-6-2-4-8-30(20)35(31)33(24)25/h1-10,14,16-18H,11-13,15H2. The number of aromatic nitrogens is 1. The first-order valence-corrected chi connectivity index (χ1v) is 12.6. The van der Waals surface area contributed by atoms with E-state index >= 15 is 0 Å². The second-order valence-electron chi connectivity index (χ2n) is 10.4. The SMILES string of the molecule is c1ccc2c(c1)Cc1cc3c(cc1-2)-c1c(ccc2c1Cc1cncc4c1N2c1ccccc1C4)C3. The molecule has 2 aliphatic heterocycles. The molecule has 0 unspecified atom stereocenters. The van der Waals surface area contributed by atoms with E-state index in [1.807, 2.05) is 0 Å². The normalized spacial score (nSPS) is 14.9. The van der Waals surface area contributed by atoms with Gasteiger partial charge >= 0.3 is 0 Å². The van der Waals surface area contributed by atoms with E-state index < -0.39 is 0 Å². The fraction of sp³-hybridized carbons (Fsp3) is 0.121. The first-order valence-electron chi connectivity index (χ1n) is 12.6. The second-order valence-corrected chi connectivity index (χ2v) is 10.4. The maximum atomic E-state index is 4.67. The van der Waals surface area contributed by atoms with Crippen molar-refractivity contribution in [2.45, 2.75) is 25.7 Å². The highest BCUT2D eigenvalue weighted by molar-refractivity contribution is 5.95. The summed E-state index contributed by atoms with van der Waals surface area (Å²) in [6.07, 6.45) is 8.15. The Bertz CT molecular complexity index is 1760. The number of rotatable bonds is 0. The molecule has 4 aromatic carbocycles. The lowest BCUT2D eigenvalue weighted by Crippen LogP contribution is -2.25. The lowest BCUT2D eigenvalue weighted by atomic mass is 9.84. The number of fused-ring (bicyclic) bond motifs is 11. The topological polar surface area (TPSA) is 16.1 Å². The third-order valence-electron chi connectivity index (χ3n) is 8.56. The second kappa shape index (κ2) is 6.28. The summed E-state index contributed by atoms with van der Waals surface area (Å²) in [5.41, 5.74) is 21.1. The Morgan fingerprint density at radius 3 is 2.20 bits per heavy atom. The zero-order valence-electron chi connectivity index (χ0n) is 19.3. The van der Waals surface area contributed by atoms with Crippen molar-refractivity contribution in [2.75, 3.05) is 4.90 Å². The van der Waals surface area contributed by atoms with Crippen LogP contribution in [0.4, 0.5) is 17.1 Å². The van der Waals surface area contributed by atoms with Gasteiger partial charge < -0.3 is 4.90 Å². The van der Waals surface area contributed by atoms with E-state index in [0.29, 0.717) is 0 Å². The van der Waals surface area contributed by atoms with Crippen molar-refractivity contribution >= 4 is 17.1 Å². The van der Waals surface area contributed by atoms with Gasteiger partial charge in [-0.3, -0.25) is 4.98 Å². The third-order valence-corrected chi connectivity index (χ3v) is 8.56. The predicted octanol–water partition coefficient (Wildman–Crippen LogP) is 7.50. The number of anilines is 3. The summed E-state index contributed by atoms with van der Waals surface area (Å²) >= 11 is 0. The third kappa shape index (κ3) is 2.27. The average Bonchev–Trinajstić information content (AvgIpc) is 3.44. The number of hydrogen-bond acceptors (Lipinski definition) is 2. The van der Waals surface area contributed by atoms with Gasteiger partial charge in [0.2, 0.25) is 0 Å². The zero-order chi connectivity index (χ0) is 22.7. The molecule has 4 aliphatic rings. The lowest BCUT2D eigenvalue weighted by molar-refractivity contribution is 0.986. The average molecular weight is 447 g/mol. The van der Waals surface area contributed by atoms with Gasteiger partial charge in [-0.1, -0.05) is 54.6 Å². The molecule has 0 fully saturated rings. The van der Waals surface area contributed by atoms with Crippen LogP contribution in [0.5, 0.6) is 0 Å². The molecule has 0 N–H and O–H groups in total. The Labute approximate surface area is 204 Å². The summed E-state index contributed by atoms with van der Waals surface area (Å²) in [6.45, 7) is 0. The Kier molecular flexibility index (Phi) is 3.27. The molecule has 3 heterocycles. The van der Waals surface area contributed by atoms with Gasteiger partial charge in [0, 0.05) is 30.9 Å². The Morgan fingerprint density at radius 1 is 0.514 bits per heavy atom. The van der Waals surface area contributed by atoms with E-state index in [2.05, 4.69) is 95.1 Å². The summed E-state index contributed by atoms with van der Waals surface area (Å²) in [7, 11) is 0. The smallest absolute Gasteiger partial charge is 0.0563 e. The minimum Gasteiger partial charge on any atom is -0.309 e. The van der Waals surface area contributed by atoms with Crippen LogP contribution < -0.4 is 4.90 Å². The zero-order valence-corrected chi connectivity index (χ0v) is 19.3. The van der Waals surface area contributed by atoms with Gasteiger partial charge in [-0.25, -0.2) is 0 Å². The number of benzene rings is 4. The molecule has 35 heavy (non-hydrogen) atoms. The number of hydrogen-bond donors (Lipinski definition) is 0. The highest BCUT2D eigenvalue weighted by Crippen LogP contribution is 2.54. The maximum Gasteiger partial charge on any atom is 0.0563 e. The Balaban J connectivity index is 1.30. The van der Waals surface area contributed by atoms with Crippen LogP contribution in [-0.2, 0) is 25.7 Å². The Morgan fingerprint density at radius 2 is 1.26 bits per heavy atom. The summed E-state index contributed by atoms with van der Waals surface area (Å²) in [6, 6.07) is 27.5. The first kappa shape index (κ1) is 18.2. The fourth-order valence-electron chi connectivity index (χ4n) is 7.11. The molecule has 0 spiro atoms. The van der Waals surface area contributed by atoms with Gasteiger partial charge in [-0.05, 0) is 97.8 Å². The van der Waals surface area contributed by atoms with Crippen molar-refractivity contribution in [1.29, 1.82) is 0 Å². The molecule has 9 rings (SSSR count). The van der Waals surface area contributed by atoms with Crippen molar-refractivity contribution in [3.05, 3.63) is 130 Å². The van der Waals surface area contributed by atoms with Gasteiger partial charge in [-0.15, -0.1) is 0 Å². The van der Waals surface area contributed by atoms with E-state index in [1.165, 1.54) is 83.8 Å². The van der Waals surface area contributed by atoms with Gasteiger partial charge in [0.25, 0.3) is 0 Å². The first-order chi connectivity index (χ1) is 17.3. The minimum absolute atomic E-state index is 0.945. The van der Waals surface area contributed by atoms with Gasteiger partial charge in [0.15, 0.2) is 0 Å². The van der Waals surface area contributed by atoms with Crippen LogP contribution in [0.25, 0.3) is 22.3 Å². The molecular formula is C33H22N2. The molecule has 1 aromatic heterocycles. The van der Waals surface area contributed by atoms with Gasteiger partial charge in [0.1, 0.15) is 0 Å². The molecule has 0 saturated carbocycles. The lowest BCUT2D eigenvalue weighted by Gasteiger charge is -2.39. The molecule has 0 saturated heterocycles. The highest BCUT2D eigenvalue weighted by Gasteiger charge is 2.35. The summed E-state index contributed by atoms with van der Waals surface area (Å²) in [5, 5.41) is 0. The van der Waals surface area contributed by atoms with Gasteiger partial charge in [0.05, 0.1) is 11.4 Å². The van der Waals surface area contributed by atoms with Crippen LogP contribution in [0.1, 0.15) is 44.5 Å². The summed E-state index contributed by atoms with van der Waals surface area (Å²) in [4.78, 5) is 7.19. The Hall–Kier alpha value is -4.17. The molecule has 0 bridgehead atoms. The monoisotopic (exact) mass is 446 g/mol. The quantitative estimate of drug-likeness (QED) is 0.240. The van der Waals surface area contributed by atoms with E-state index in [-0.39, 0.29) is 0 Å². The highest BCUT2D eigenvalue weighted by atomic mass is 15.2. The van der Waals surface area contributed by atoms with Crippen molar-refractivity contribution in [3.63, 3.8) is 0 Å². The minimum atomic E-state index is 0.945. The van der Waals surface area contributed by atoms with E-state index in [0.717, 1.165) is 25.7 Å². The van der Waals surface area contributed by atoms with Crippen LogP contribution in [-0.4, -0.2) is 4.98 Å². The molecule has 2 heteroatoms. The van der Waals surface area contributed by atoms with E-state index in [4.69, 9.17) is 0 Å². The molecule has 2 nitrogen and oxygen atoms in total. The van der Waals surface area contributed by atoms with Crippen LogP contribution in [0.15, 0.2) is 85.2 Å². The molecule has 0 amide bonds. The maximum absolute atomic E-state index is 4.67. The number of pyridine rings is 1. The van der Waals surface area contributed by atoms with E-state index in [9.17, 15) is 0 Å². The summed E-state index contributed by atoms with van der Waals surface area (Å²) in [5.74, 6) is 0. The fourth-order valence-corrected chi connectivity index (χ4v) is 7.11. The van der Waals surface area contributed by atoms with Crippen molar-refractivity contribution in [1.82, 2.24) is 4.98 Å². The molecule has 0 radical (unpaired) electrons. The van der Waals surface area contributed by atoms with Crippen molar-refractivity contribution in [2.24, 2.45) is 0 Å². The van der Waals surface area contributed by atoms with Crippen LogP contribution in [0.3, 0.4) is 0 Å². The van der Waals surface area contributed by atoms with Gasteiger partial charge in [-0.2, -0.15) is 0 Å².